The predicted octanol–water partition coefficient (Wildman–Crippen LogP) is 7.35. The summed E-state index contributed by atoms with van der Waals surface area (Å²) in [5.74, 6) is -2.61. The molecule has 7 rings (SSSR count). The van der Waals surface area contributed by atoms with E-state index in [4.69, 9.17) is 0 Å². The summed E-state index contributed by atoms with van der Waals surface area (Å²) >= 11 is 0. The summed E-state index contributed by atoms with van der Waals surface area (Å²) in [6, 6.07) is 19.0. The van der Waals surface area contributed by atoms with Crippen molar-refractivity contribution >= 4 is 18.7 Å². The average molecular weight is 554 g/mol. The number of nitrogens with zero attached hydrogens (tertiary/aromatic N) is 1. The first kappa shape index (κ1) is 25.6. The number of hydrogen-bond donors (Lipinski definition) is 2. The lowest BCUT2D eigenvalue weighted by Gasteiger charge is -2.17. The molecule has 2 aliphatic carbocycles. The summed E-state index contributed by atoms with van der Waals surface area (Å²) in [7, 11) is -3.94. The summed E-state index contributed by atoms with van der Waals surface area (Å²) in [5.41, 5.74) is 6.79. The Bertz CT molecular complexity index is 1790. The van der Waals surface area contributed by atoms with Gasteiger partial charge in [0, 0.05) is 40.6 Å². The first-order chi connectivity index (χ1) is 19.9. The highest BCUT2D eigenvalue weighted by Gasteiger charge is 2.39. The fourth-order valence-corrected chi connectivity index (χ4v) is 6.73. The Labute approximate surface area is 235 Å². The first-order valence-electron chi connectivity index (χ1n) is 14.0. The van der Waals surface area contributed by atoms with Crippen molar-refractivity contribution in [1.29, 1.82) is 0 Å². The van der Waals surface area contributed by atoms with Gasteiger partial charge in [0.2, 0.25) is 0 Å². The number of aromatic hydroxyl groups is 1. The van der Waals surface area contributed by atoms with Crippen LogP contribution in [0.15, 0.2) is 84.1 Å². The second-order valence-corrected chi connectivity index (χ2v) is 10.9. The van der Waals surface area contributed by atoms with Crippen molar-refractivity contribution < 1.29 is 27.0 Å². The van der Waals surface area contributed by atoms with Gasteiger partial charge >= 0.3 is 7.40 Å². The molecule has 0 amide bonds. The van der Waals surface area contributed by atoms with E-state index in [0.29, 0.717) is 17.8 Å². The van der Waals surface area contributed by atoms with Gasteiger partial charge in [0.25, 0.3) is 0 Å². The molecule has 0 radical (unpaired) electrons. The number of allylic oxidation sites excluding steroid dienone is 2. The van der Waals surface area contributed by atoms with E-state index in [2.05, 4.69) is 11.1 Å². The molecule has 0 atom stereocenters. The van der Waals surface area contributed by atoms with Crippen LogP contribution in [0.3, 0.4) is 0 Å². The van der Waals surface area contributed by atoms with E-state index < -0.39 is 30.3 Å². The molecule has 3 nitrogen and oxygen atoms in total. The van der Waals surface area contributed by atoms with E-state index in [1.165, 1.54) is 0 Å². The van der Waals surface area contributed by atoms with Crippen LogP contribution in [0.2, 0.25) is 0 Å². The maximum absolute atomic E-state index is 15.6. The van der Waals surface area contributed by atoms with Crippen LogP contribution < -0.4 is 0 Å². The maximum atomic E-state index is 15.6. The molecule has 41 heavy (non-hydrogen) atoms. The highest BCUT2D eigenvalue weighted by molar-refractivity contribution is 6.36. The Morgan fingerprint density at radius 1 is 0.780 bits per heavy atom. The first-order valence-corrected chi connectivity index (χ1v) is 14.0. The number of phenolic OH excluding ortho intramolecular Hbond substituents is 1. The van der Waals surface area contributed by atoms with Crippen molar-refractivity contribution in [3.63, 3.8) is 0 Å². The van der Waals surface area contributed by atoms with Gasteiger partial charge in [-0.1, -0.05) is 42.5 Å². The molecular weight excluding hydrogens is 527 g/mol. The molecule has 1 aromatic heterocycles. The number of aromatic amines is 1. The lowest BCUT2D eigenvalue weighted by Crippen LogP contribution is -2.27. The highest BCUT2D eigenvalue weighted by Crippen LogP contribution is 2.41. The normalized spacial score (nSPS) is 17.3. The van der Waals surface area contributed by atoms with Crippen molar-refractivity contribution in [2.24, 2.45) is 0 Å². The number of aromatic nitrogens is 1. The Balaban J connectivity index is 1.56. The largest absolute Gasteiger partial charge is 0.602 e. The molecule has 0 saturated carbocycles. The third-order valence-corrected chi connectivity index (χ3v) is 8.46. The summed E-state index contributed by atoms with van der Waals surface area (Å²) in [5, 5.41) is 9.91. The minimum absolute atomic E-state index is 0.0175. The maximum Gasteiger partial charge on any atom is 0.602 e. The number of fused-ring (bicyclic) bond motifs is 6. The van der Waals surface area contributed by atoms with Gasteiger partial charge in [-0.05, 0) is 67.3 Å². The van der Waals surface area contributed by atoms with Crippen LogP contribution in [0, 0.1) is 11.6 Å². The topological polar surface area (TPSA) is 39.0 Å². The molecule has 0 bridgehead atoms. The Kier molecular flexibility index (Phi) is 6.22. The fourth-order valence-electron chi connectivity index (χ4n) is 6.73. The van der Waals surface area contributed by atoms with Gasteiger partial charge < -0.3 is 23.2 Å². The number of nitrogens with one attached hydrogen (secondary N) is 1. The molecular formula is C33H27BF4N2O. The van der Waals surface area contributed by atoms with Crippen molar-refractivity contribution in [3.05, 3.63) is 129 Å². The molecule has 0 spiro atoms. The van der Waals surface area contributed by atoms with Gasteiger partial charge in [0.15, 0.2) is 11.4 Å². The average Bonchev–Trinajstić information content (AvgIpc) is 3.42. The fraction of sp³-hybridized carbons (Fsp3) is 0.182. The monoisotopic (exact) mass is 554 g/mol. The van der Waals surface area contributed by atoms with E-state index >= 15 is 17.4 Å². The molecule has 8 heteroatoms. The van der Waals surface area contributed by atoms with Gasteiger partial charge in [-0.3, -0.25) is 0 Å². The summed E-state index contributed by atoms with van der Waals surface area (Å²) in [4.78, 5) is 3.39. The summed E-state index contributed by atoms with van der Waals surface area (Å²) in [6.45, 7) is 0. The molecule has 1 aliphatic heterocycles. The van der Waals surface area contributed by atoms with E-state index in [9.17, 15) is 5.11 Å². The molecule has 3 aromatic carbocycles. The molecule has 4 aromatic rings. The highest BCUT2D eigenvalue weighted by atomic mass is 19.2. The molecule has 2 heterocycles. The van der Waals surface area contributed by atoms with Crippen LogP contribution in [0.4, 0.5) is 17.4 Å². The van der Waals surface area contributed by atoms with Gasteiger partial charge in [-0.2, -0.15) is 0 Å². The van der Waals surface area contributed by atoms with E-state index in [1.807, 2.05) is 48.5 Å². The zero-order chi connectivity index (χ0) is 28.2. The molecule has 206 valence electrons. The van der Waals surface area contributed by atoms with Crippen molar-refractivity contribution in [2.45, 2.75) is 38.5 Å². The van der Waals surface area contributed by atoms with Crippen molar-refractivity contribution in [3.8, 4) is 17.0 Å². The van der Waals surface area contributed by atoms with Gasteiger partial charge in [-0.15, -0.1) is 0 Å². The minimum atomic E-state index is -3.94. The number of phenols is 1. The lowest BCUT2D eigenvalue weighted by atomic mass is 9.96. The SMILES string of the molecule is Oc1cc(F)c(/C(=C2\C=C3CCCc4ccccc4C3=[N+]2[BH-](F)F)c2cc3c([nH]2)-c2ccccc2CCC3)c(F)c1. The minimum Gasteiger partial charge on any atom is -0.508 e. The summed E-state index contributed by atoms with van der Waals surface area (Å²) < 4.78 is 62.6. The predicted molar refractivity (Wildman–Crippen MR) is 153 cm³/mol. The van der Waals surface area contributed by atoms with Crippen LogP contribution in [0.1, 0.15) is 52.8 Å². The van der Waals surface area contributed by atoms with Crippen LogP contribution >= 0.6 is 0 Å². The van der Waals surface area contributed by atoms with E-state index in [1.54, 1.807) is 6.08 Å². The van der Waals surface area contributed by atoms with Crippen LogP contribution in [0.25, 0.3) is 16.8 Å². The quantitative estimate of drug-likeness (QED) is 0.202. The Morgan fingerprint density at radius 3 is 2.10 bits per heavy atom. The second-order valence-electron chi connectivity index (χ2n) is 10.9. The summed E-state index contributed by atoms with van der Waals surface area (Å²) in [6.07, 6.45) is 6.31. The zero-order valence-corrected chi connectivity index (χ0v) is 22.3. The Hall–Kier alpha value is -4.33. The number of aryl methyl sites for hydroxylation is 3. The molecule has 0 fully saturated rings. The number of benzene rings is 3. The number of hydrogen-bond acceptors (Lipinski definition) is 1. The Morgan fingerprint density at radius 2 is 1.39 bits per heavy atom. The third kappa shape index (κ3) is 4.24. The molecule has 0 unspecified atom stereocenters. The smallest absolute Gasteiger partial charge is 0.508 e. The molecule has 0 saturated heterocycles. The van der Waals surface area contributed by atoms with Crippen molar-refractivity contribution in [1.82, 2.24) is 4.98 Å². The standard InChI is InChI=1S/C33H27BF4N2O/c35-26-17-23(41)18-27(36)30(26)31(28-15-21-11-5-9-19-7-1-3-13-24(19)32(21)39-28)29-16-22-12-6-10-20-8-2-4-14-25(20)33(22)40(29)34(37)38/h1-4,7-8,13-18,34,39,41H,5-6,9-12H2/b31-29+. The van der Waals surface area contributed by atoms with Gasteiger partial charge in [0.1, 0.15) is 17.4 Å². The second kappa shape index (κ2) is 9.94. The number of H-pyrrole nitrogens is 1. The van der Waals surface area contributed by atoms with Gasteiger partial charge in [0.05, 0.1) is 16.8 Å². The van der Waals surface area contributed by atoms with Crippen LogP contribution in [0.5, 0.6) is 5.75 Å². The van der Waals surface area contributed by atoms with Crippen LogP contribution in [-0.2, 0) is 19.3 Å². The number of halogens is 4. The van der Waals surface area contributed by atoms with Crippen molar-refractivity contribution in [2.75, 3.05) is 0 Å². The van der Waals surface area contributed by atoms with E-state index in [-0.39, 0.29) is 11.3 Å². The lowest BCUT2D eigenvalue weighted by molar-refractivity contribution is -0.340. The molecule has 3 aliphatic rings. The van der Waals surface area contributed by atoms with Gasteiger partial charge in [-0.25, -0.2) is 8.78 Å². The number of rotatable bonds is 3. The molecule has 2 N–H and O–H groups in total. The van der Waals surface area contributed by atoms with E-state index in [0.717, 1.165) is 87.8 Å². The van der Waals surface area contributed by atoms with Crippen LogP contribution in [-0.4, -0.2) is 27.7 Å². The zero-order valence-electron chi connectivity index (χ0n) is 22.3. The third-order valence-electron chi connectivity index (χ3n) is 8.46.